The topological polar surface area (TPSA) is 19.6 Å². The summed E-state index contributed by atoms with van der Waals surface area (Å²) in [4.78, 5) is 7.73. The van der Waals surface area contributed by atoms with Gasteiger partial charge >= 0.3 is 0 Å². The van der Waals surface area contributed by atoms with E-state index >= 15 is 0 Å². The fourth-order valence-electron chi connectivity index (χ4n) is 16.8. The Bertz CT molecular complexity index is 5950. The van der Waals surface area contributed by atoms with Crippen molar-refractivity contribution in [3.63, 3.8) is 0 Å². The molecule has 516 valence electrons. The molecule has 0 aliphatic carbocycles. The van der Waals surface area contributed by atoms with Crippen LogP contribution in [0.15, 0.2) is 315 Å². The summed E-state index contributed by atoms with van der Waals surface area (Å²) in [6.07, 6.45) is 0. The van der Waals surface area contributed by atoms with Crippen LogP contribution in [0.2, 0.25) is 0 Å². The van der Waals surface area contributed by atoms with E-state index in [2.05, 4.69) is 422 Å². The minimum absolute atomic E-state index is 0.0526. The van der Waals surface area contributed by atoms with Crippen molar-refractivity contribution in [3.05, 3.63) is 338 Å². The molecule has 0 amide bonds. The second-order valence-corrected chi connectivity index (χ2v) is 33.4. The summed E-state index contributed by atoms with van der Waals surface area (Å²) in [5.74, 6) is 0. The van der Waals surface area contributed by atoms with Gasteiger partial charge in [0.2, 0.25) is 0 Å². The van der Waals surface area contributed by atoms with Crippen LogP contribution >= 0.6 is 0 Å². The van der Waals surface area contributed by atoms with Crippen molar-refractivity contribution in [2.45, 2.75) is 105 Å². The largest absolute Gasteiger partial charge is 0.311 e. The summed E-state index contributed by atoms with van der Waals surface area (Å²) in [6.45, 7) is 28.0. The van der Waals surface area contributed by atoms with E-state index in [1.807, 2.05) is 0 Å². The fourth-order valence-corrected chi connectivity index (χ4v) is 16.8. The van der Waals surface area contributed by atoms with Gasteiger partial charge in [-0.15, -0.1) is 0 Å². The standard InChI is InChI=1S/C100H88BN5/c1-97(2,3)69-45-52-88-82(56-69)83-57-70(98(4,5)6)46-53-89(83)104(88)78-48-51-86-92(64-78)106(96-80(66-33-20-14-21-34-66)58-71(99(7,8)9)59-81(96)67-35-22-15-23-36-67)94-61-72(100(10,11)12)60-93-95(94)101(86)85-50-47-77(63-91(85)105(93)75-42-30-37-68(55-75)65-31-18-13-19-32-65)103-87-44-29-28-43-79(87)84-62-76(49-54-90(84)103)102(73-38-24-16-25-39-73)74-40-26-17-27-41-74/h13-64H,1-12H3. The molecule has 5 nitrogen and oxygen atoms in total. The lowest BCUT2D eigenvalue weighted by Gasteiger charge is -2.46. The van der Waals surface area contributed by atoms with Crippen LogP contribution in [0.3, 0.4) is 0 Å². The summed E-state index contributed by atoms with van der Waals surface area (Å²) in [5, 5.41) is 4.91. The zero-order valence-electron chi connectivity index (χ0n) is 62.8. The van der Waals surface area contributed by atoms with Gasteiger partial charge in [0.25, 0.3) is 6.71 Å². The van der Waals surface area contributed by atoms with E-state index in [4.69, 9.17) is 0 Å². The highest BCUT2D eigenvalue weighted by Gasteiger charge is 2.46. The fraction of sp³-hybridized carbons (Fsp3) is 0.160. The summed E-state index contributed by atoms with van der Waals surface area (Å²) in [6, 6.07) is 120. The first-order valence-corrected chi connectivity index (χ1v) is 37.7. The first kappa shape index (κ1) is 66.1. The van der Waals surface area contributed by atoms with Gasteiger partial charge in [0, 0.05) is 89.5 Å². The average Bonchev–Trinajstić information content (AvgIpc) is 0.790. The lowest BCUT2D eigenvalue weighted by atomic mass is 9.33. The van der Waals surface area contributed by atoms with Gasteiger partial charge in [0.1, 0.15) is 0 Å². The van der Waals surface area contributed by atoms with Crippen LogP contribution in [-0.2, 0) is 21.7 Å². The van der Waals surface area contributed by atoms with Gasteiger partial charge in [0.05, 0.1) is 27.8 Å². The second-order valence-electron chi connectivity index (χ2n) is 33.4. The van der Waals surface area contributed by atoms with Crippen LogP contribution in [0.25, 0.3) is 88.4 Å². The quantitative estimate of drug-likeness (QED) is 0.127. The first-order valence-electron chi connectivity index (χ1n) is 37.7. The number of para-hydroxylation sites is 3. The van der Waals surface area contributed by atoms with E-state index in [-0.39, 0.29) is 28.4 Å². The molecule has 6 heteroatoms. The first-order chi connectivity index (χ1) is 51.1. The van der Waals surface area contributed by atoms with Crippen molar-refractivity contribution in [1.82, 2.24) is 9.13 Å². The van der Waals surface area contributed by atoms with Gasteiger partial charge in [-0.3, -0.25) is 0 Å². The van der Waals surface area contributed by atoms with Gasteiger partial charge in [-0.1, -0.05) is 265 Å². The molecule has 18 rings (SSSR count). The number of fused-ring (bicyclic) bond motifs is 10. The van der Waals surface area contributed by atoms with E-state index in [1.165, 1.54) is 93.6 Å². The zero-order chi connectivity index (χ0) is 72.7. The van der Waals surface area contributed by atoms with Crippen LogP contribution in [-0.4, -0.2) is 15.8 Å². The van der Waals surface area contributed by atoms with Gasteiger partial charge in [-0.25, -0.2) is 0 Å². The highest BCUT2D eigenvalue weighted by atomic mass is 15.2. The van der Waals surface area contributed by atoms with Crippen molar-refractivity contribution in [3.8, 4) is 44.8 Å². The molecule has 0 radical (unpaired) electrons. The molecule has 0 saturated carbocycles. The second kappa shape index (κ2) is 24.9. The Morgan fingerprint density at radius 2 is 0.660 bits per heavy atom. The van der Waals surface area contributed by atoms with Gasteiger partial charge in [0.15, 0.2) is 0 Å². The highest BCUT2D eigenvalue weighted by molar-refractivity contribution is 7.00. The normalized spacial score (nSPS) is 13.0. The molecular formula is C100H88BN5. The molecule has 106 heavy (non-hydrogen) atoms. The molecule has 0 spiro atoms. The Balaban J connectivity index is 0.956. The van der Waals surface area contributed by atoms with E-state index in [9.17, 15) is 0 Å². The zero-order valence-corrected chi connectivity index (χ0v) is 62.8. The third-order valence-corrected chi connectivity index (χ3v) is 22.4. The Hall–Kier alpha value is -11.9. The minimum Gasteiger partial charge on any atom is -0.311 e. The monoisotopic (exact) mass is 1370 g/mol. The van der Waals surface area contributed by atoms with Crippen LogP contribution in [0.5, 0.6) is 0 Å². The molecule has 14 aromatic carbocycles. The number of aromatic nitrogens is 2. The predicted molar refractivity (Wildman–Crippen MR) is 455 cm³/mol. The Kier molecular flexibility index (Phi) is 15.5. The maximum Gasteiger partial charge on any atom is 0.252 e. The van der Waals surface area contributed by atoms with Crippen molar-refractivity contribution < 1.29 is 0 Å². The molecule has 2 aromatic heterocycles. The number of benzene rings is 14. The summed E-state index contributed by atoms with van der Waals surface area (Å²) >= 11 is 0. The lowest BCUT2D eigenvalue weighted by molar-refractivity contribution is 0.590. The van der Waals surface area contributed by atoms with E-state index in [0.717, 1.165) is 84.6 Å². The van der Waals surface area contributed by atoms with E-state index in [1.54, 1.807) is 0 Å². The van der Waals surface area contributed by atoms with Crippen LogP contribution in [0.1, 0.15) is 105 Å². The summed E-state index contributed by atoms with van der Waals surface area (Å²) < 4.78 is 5.07. The maximum atomic E-state index is 2.73. The molecule has 0 N–H and O–H groups in total. The highest BCUT2D eigenvalue weighted by Crippen LogP contribution is 2.54. The molecule has 2 aliphatic rings. The van der Waals surface area contributed by atoms with Crippen LogP contribution in [0.4, 0.5) is 51.2 Å². The van der Waals surface area contributed by atoms with Gasteiger partial charge in [-0.05, 0) is 216 Å². The summed E-state index contributed by atoms with van der Waals surface area (Å²) in [5.41, 5.74) is 32.3. The molecule has 0 unspecified atom stereocenters. The van der Waals surface area contributed by atoms with E-state index in [0.29, 0.717) is 0 Å². The summed E-state index contributed by atoms with van der Waals surface area (Å²) in [7, 11) is 0. The third-order valence-electron chi connectivity index (χ3n) is 22.4. The Morgan fingerprint density at radius 3 is 1.16 bits per heavy atom. The number of hydrogen-bond donors (Lipinski definition) is 0. The predicted octanol–water partition coefficient (Wildman–Crippen LogP) is 25.6. The molecule has 0 atom stereocenters. The lowest BCUT2D eigenvalue weighted by Crippen LogP contribution is -2.61. The van der Waals surface area contributed by atoms with Crippen LogP contribution in [0, 0.1) is 0 Å². The number of hydrogen-bond acceptors (Lipinski definition) is 3. The average molecular weight is 1370 g/mol. The molecular weight excluding hydrogens is 1280 g/mol. The molecule has 4 heterocycles. The van der Waals surface area contributed by atoms with Crippen molar-refractivity contribution in [2.75, 3.05) is 14.7 Å². The van der Waals surface area contributed by atoms with Crippen molar-refractivity contribution in [1.29, 1.82) is 0 Å². The van der Waals surface area contributed by atoms with Gasteiger partial charge in [-0.2, -0.15) is 0 Å². The molecule has 0 fully saturated rings. The maximum absolute atomic E-state index is 2.73. The van der Waals surface area contributed by atoms with E-state index < -0.39 is 0 Å². The van der Waals surface area contributed by atoms with Crippen molar-refractivity contribution in [2.24, 2.45) is 0 Å². The smallest absolute Gasteiger partial charge is 0.252 e. The molecule has 0 saturated heterocycles. The molecule has 0 bridgehead atoms. The van der Waals surface area contributed by atoms with Gasteiger partial charge < -0.3 is 23.8 Å². The Morgan fingerprint density at radius 1 is 0.255 bits per heavy atom. The van der Waals surface area contributed by atoms with Crippen molar-refractivity contribution >= 4 is 118 Å². The number of anilines is 9. The number of nitrogens with zero attached hydrogens (tertiary/aromatic N) is 5. The Labute approximate surface area is 625 Å². The SMILES string of the molecule is CC(C)(C)c1cc(-c2ccccc2)c(N2c3cc(-n4c5ccc(C(C)(C)C)cc5c5cc(C(C)(C)C)ccc54)ccc3B3c4ccc(-n5c6ccccc6c6cc(N(c7ccccc7)c7ccccc7)ccc65)cc4N(c4cccc(-c5ccccc5)c4)c4cc(C(C)(C)C)cc2c43)c(-c2ccccc2)c1. The molecule has 16 aromatic rings. The minimum atomic E-state index is -0.297. The molecule has 2 aliphatic heterocycles. The number of rotatable bonds is 10. The third kappa shape index (κ3) is 11.1. The van der Waals surface area contributed by atoms with Crippen LogP contribution < -0.4 is 31.1 Å².